The third-order valence-electron chi connectivity index (χ3n) is 5.13. The Hall–Kier alpha value is -1.47. The lowest BCUT2D eigenvalue weighted by atomic mass is 10.2. The molecule has 7 heteroatoms. The highest BCUT2D eigenvalue weighted by Crippen LogP contribution is 2.12. The molecule has 7 nitrogen and oxygen atoms in total. The average Bonchev–Trinajstić information content (AvgIpc) is 2.88. The zero-order chi connectivity index (χ0) is 17.5. The first-order valence-electron chi connectivity index (χ1n) is 9.78. The van der Waals surface area contributed by atoms with Crippen molar-refractivity contribution >= 4 is 5.91 Å². The van der Waals surface area contributed by atoms with Gasteiger partial charge in [-0.2, -0.15) is 4.98 Å². The minimum Gasteiger partial charge on any atom is -0.342 e. The molecule has 0 saturated carbocycles. The molecule has 2 aliphatic heterocycles. The molecule has 2 aliphatic rings. The molecular formula is C18H31N5O2. The van der Waals surface area contributed by atoms with Gasteiger partial charge < -0.3 is 9.42 Å². The van der Waals surface area contributed by atoms with Crippen molar-refractivity contribution in [3.63, 3.8) is 0 Å². The summed E-state index contributed by atoms with van der Waals surface area (Å²) in [4.78, 5) is 23.6. The fourth-order valence-electron chi connectivity index (χ4n) is 3.59. The summed E-state index contributed by atoms with van der Waals surface area (Å²) in [5, 5.41) is 4.01. The number of aromatic nitrogens is 2. The number of nitrogens with zero attached hydrogens (tertiary/aromatic N) is 5. The van der Waals surface area contributed by atoms with E-state index in [2.05, 4.69) is 31.8 Å². The molecule has 1 amide bonds. The molecule has 2 fully saturated rings. The first-order chi connectivity index (χ1) is 12.2. The Morgan fingerprint density at radius 1 is 1.00 bits per heavy atom. The van der Waals surface area contributed by atoms with Crippen LogP contribution in [0.15, 0.2) is 4.52 Å². The largest absolute Gasteiger partial charge is 0.342 e. The minimum atomic E-state index is 0.302. The third kappa shape index (κ3) is 5.51. The van der Waals surface area contributed by atoms with Crippen molar-refractivity contribution in [2.45, 2.75) is 52.0 Å². The van der Waals surface area contributed by atoms with Gasteiger partial charge in [0.1, 0.15) is 0 Å². The van der Waals surface area contributed by atoms with E-state index >= 15 is 0 Å². The second-order valence-electron chi connectivity index (χ2n) is 7.20. The maximum atomic E-state index is 12.5. The van der Waals surface area contributed by atoms with E-state index in [0.717, 1.165) is 70.8 Å². The van der Waals surface area contributed by atoms with Crippen molar-refractivity contribution in [1.82, 2.24) is 24.8 Å². The van der Waals surface area contributed by atoms with E-state index in [0.29, 0.717) is 24.9 Å². The zero-order valence-corrected chi connectivity index (χ0v) is 15.5. The summed E-state index contributed by atoms with van der Waals surface area (Å²) in [6, 6.07) is 0. The molecule has 0 radical (unpaired) electrons. The van der Waals surface area contributed by atoms with E-state index < -0.39 is 0 Å². The van der Waals surface area contributed by atoms with Gasteiger partial charge in [0.2, 0.25) is 11.8 Å². The predicted octanol–water partition coefficient (Wildman–Crippen LogP) is 1.54. The van der Waals surface area contributed by atoms with Gasteiger partial charge >= 0.3 is 0 Å². The fourth-order valence-corrected chi connectivity index (χ4v) is 3.59. The van der Waals surface area contributed by atoms with E-state index in [4.69, 9.17) is 4.52 Å². The Balaban J connectivity index is 1.39. The Kier molecular flexibility index (Phi) is 6.81. The highest BCUT2D eigenvalue weighted by molar-refractivity contribution is 5.78. The van der Waals surface area contributed by atoms with Crippen LogP contribution in [0, 0.1) is 0 Å². The van der Waals surface area contributed by atoms with Crippen LogP contribution in [0.2, 0.25) is 0 Å². The maximum Gasteiger partial charge on any atom is 0.240 e. The second kappa shape index (κ2) is 9.29. The van der Waals surface area contributed by atoms with Crippen molar-refractivity contribution in [2.24, 2.45) is 0 Å². The minimum absolute atomic E-state index is 0.302. The highest BCUT2D eigenvalue weighted by Gasteiger charge is 2.23. The molecule has 0 bridgehead atoms. The smallest absolute Gasteiger partial charge is 0.240 e. The van der Waals surface area contributed by atoms with Gasteiger partial charge in [0, 0.05) is 45.7 Å². The Morgan fingerprint density at radius 2 is 1.68 bits per heavy atom. The summed E-state index contributed by atoms with van der Waals surface area (Å²) in [5.74, 6) is 1.81. The van der Waals surface area contributed by atoms with Gasteiger partial charge in [0.15, 0.2) is 5.82 Å². The van der Waals surface area contributed by atoms with E-state index in [1.165, 1.54) is 12.8 Å². The Bertz CT molecular complexity index is 531. The number of likely N-dealkylation sites (tertiary alicyclic amines) is 1. The highest BCUT2D eigenvalue weighted by atomic mass is 16.5. The van der Waals surface area contributed by atoms with E-state index in [9.17, 15) is 4.79 Å². The number of carbonyl (C=O) groups excluding carboxylic acids is 1. The summed E-state index contributed by atoms with van der Waals surface area (Å²) < 4.78 is 5.33. The number of amides is 1. The summed E-state index contributed by atoms with van der Waals surface area (Å²) >= 11 is 0. The van der Waals surface area contributed by atoms with Crippen LogP contribution in [-0.2, 0) is 17.8 Å². The topological polar surface area (TPSA) is 65.7 Å². The Morgan fingerprint density at radius 3 is 2.36 bits per heavy atom. The van der Waals surface area contributed by atoms with Crippen LogP contribution in [0.4, 0.5) is 0 Å². The van der Waals surface area contributed by atoms with Gasteiger partial charge in [-0.3, -0.25) is 14.6 Å². The molecule has 0 N–H and O–H groups in total. The van der Waals surface area contributed by atoms with Crippen molar-refractivity contribution in [3.05, 3.63) is 11.7 Å². The number of carbonyl (C=O) groups is 1. The lowest BCUT2D eigenvalue weighted by molar-refractivity contribution is -0.132. The zero-order valence-electron chi connectivity index (χ0n) is 15.5. The van der Waals surface area contributed by atoms with Crippen molar-refractivity contribution in [2.75, 3.05) is 45.8 Å². The first-order valence-corrected chi connectivity index (χ1v) is 9.78. The van der Waals surface area contributed by atoms with Gasteiger partial charge in [-0.05, 0) is 19.3 Å². The number of aryl methyl sites for hydroxylation is 1. The molecule has 1 aromatic heterocycles. The monoisotopic (exact) mass is 349 g/mol. The molecule has 3 rings (SSSR count). The van der Waals surface area contributed by atoms with Crippen molar-refractivity contribution < 1.29 is 9.32 Å². The van der Waals surface area contributed by atoms with Crippen LogP contribution in [0.3, 0.4) is 0 Å². The SMILES string of the molecule is CCCc1noc(CN2CCN(CC(=O)N3CCCCCC3)CC2)n1. The standard InChI is InChI=1S/C18H31N5O2/c1-2-7-16-19-17(25-20-16)14-21-10-12-22(13-11-21)15-18(24)23-8-5-3-4-6-9-23/h2-15H2,1H3. The van der Waals surface area contributed by atoms with Crippen molar-refractivity contribution in [3.8, 4) is 0 Å². The van der Waals surface area contributed by atoms with E-state index in [1.807, 2.05) is 0 Å². The van der Waals surface area contributed by atoms with Crippen LogP contribution in [-0.4, -0.2) is 76.6 Å². The van der Waals surface area contributed by atoms with Crippen LogP contribution in [0.1, 0.15) is 50.7 Å². The van der Waals surface area contributed by atoms with Gasteiger partial charge in [-0.1, -0.05) is 24.9 Å². The molecule has 0 atom stereocenters. The summed E-state index contributed by atoms with van der Waals surface area (Å²) in [6.45, 7) is 9.01. The lowest BCUT2D eigenvalue weighted by Crippen LogP contribution is -2.49. The van der Waals surface area contributed by atoms with E-state index in [-0.39, 0.29) is 0 Å². The molecular weight excluding hydrogens is 318 g/mol. The van der Waals surface area contributed by atoms with Crippen LogP contribution in [0.25, 0.3) is 0 Å². The third-order valence-corrected chi connectivity index (χ3v) is 5.13. The average molecular weight is 349 g/mol. The number of hydrogen-bond donors (Lipinski definition) is 0. The predicted molar refractivity (Wildman–Crippen MR) is 95.1 cm³/mol. The van der Waals surface area contributed by atoms with Crippen LogP contribution >= 0.6 is 0 Å². The lowest BCUT2D eigenvalue weighted by Gasteiger charge is -2.34. The first kappa shape index (κ1) is 18.3. The normalized spacial score (nSPS) is 20.6. The quantitative estimate of drug-likeness (QED) is 0.776. The second-order valence-corrected chi connectivity index (χ2v) is 7.20. The summed E-state index contributed by atoms with van der Waals surface area (Å²) in [5.41, 5.74) is 0. The maximum absolute atomic E-state index is 12.5. The van der Waals surface area contributed by atoms with Gasteiger partial charge in [-0.15, -0.1) is 0 Å². The number of rotatable bonds is 6. The molecule has 25 heavy (non-hydrogen) atoms. The summed E-state index contributed by atoms with van der Waals surface area (Å²) in [6.07, 6.45) is 6.74. The van der Waals surface area contributed by atoms with Gasteiger partial charge in [0.25, 0.3) is 0 Å². The van der Waals surface area contributed by atoms with Crippen LogP contribution in [0.5, 0.6) is 0 Å². The molecule has 0 aliphatic carbocycles. The molecule has 3 heterocycles. The molecule has 1 aromatic rings. The van der Waals surface area contributed by atoms with Crippen molar-refractivity contribution in [1.29, 1.82) is 0 Å². The number of hydrogen-bond acceptors (Lipinski definition) is 6. The Labute approximate surface area is 150 Å². The summed E-state index contributed by atoms with van der Waals surface area (Å²) in [7, 11) is 0. The molecule has 0 aromatic carbocycles. The fraction of sp³-hybridized carbons (Fsp3) is 0.833. The molecule has 2 saturated heterocycles. The molecule has 0 unspecified atom stereocenters. The molecule has 0 spiro atoms. The van der Waals surface area contributed by atoms with Crippen LogP contribution < -0.4 is 0 Å². The molecule has 140 valence electrons. The van der Waals surface area contributed by atoms with Gasteiger partial charge in [0.05, 0.1) is 13.1 Å². The van der Waals surface area contributed by atoms with Gasteiger partial charge in [-0.25, -0.2) is 0 Å². The van der Waals surface area contributed by atoms with E-state index in [1.54, 1.807) is 0 Å². The number of piperazine rings is 1.